The lowest BCUT2D eigenvalue weighted by atomic mass is 9.94. The Bertz CT molecular complexity index is 987. The second-order valence-electron chi connectivity index (χ2n) is 5.15. The minimum absolute atomic E-state index is 0.700. The lowest BCUT2D eigenvalue weighted by Crippen LogP contribution is -2.05. The van der Waals surface area contributed by atoms with Crippen LogP contribution in [-0.2, 0) is 0 Å². The molecule has 0 unspecified atom stereocenters. The van der Waals surface area contributed by atoms with Crippen LogP contribution in [0.2, 0.25) is 0 Å². The molecule has 106 valence electrons. The molecule has 0 saturated carbocycles. The fourth-order valence-electron chi connectivity index (χ4n) is 2.82. The van der Waals surface area contributed by atoms with E-state index in [1.165, 1.54) is 5.56 Å². The van der Waals surface area contributed by atoms with Crippen molar-refractivity contribution in [2.24, 2.45) is 10.9 Å². The second-order valence-corrected chi connectivity index (χ2v) is 5.15. The Kier molecular flexibility index (Phi) is 2.90. The topological polar surface area (TPSA) is 51.5 Å². The van der Waals surface area contributed by atoms with E-state index in [2.05, 4.69) is 23.3 Å². The Balaban J connectivity index is 2.20. The largest absolute Gasteiger partial charge is 0.456 e. The van der Waals surface area contributed by atoms with Crippen LogP contribution in [-0.4, -0.2) is 0 Å². The summed E-state index contributed by atoms with van der Waals surface area (Å²) in [6.07, 6.45) is 0. The molecule has 3 nitrogen and oxygen atoms in total. The minimum Gasteiger partial charge on any atom is -0.456 e. The maximum Gasteiger partial charge on any atom is 0.137 e. The van der Waals surface area contributed by atoms with Crippen molar-refractivity contribution in [3.63, 3.8) is 0 Å². The van der Waals surface area contributed by atoms with Crippen molar-refractivity contribution in [2.75, 3.05) is 0 Å². The van der Waals surface area contributed by atoms with Crippen LogP contribution in [0, 0.1) is 0 Å². The van der Waals surface area contributed by atoms with E-state index in [1.54, 1.807) is 0 Å². The average Bonchev–Trinajstić information content (AvgIpc) is 2.59. The summed E-state index contributed by atoms with van der Waals surface area (Å²) >= 11 is 0. The molecule has 2 N–H and O–H groups in total. The predicted molar refractivity (Wildman–Crippen MR) is 88.0 cm³/mol. The smallest absolute Gasteiger partial charge is 0.137 e. The van der Waals surface area contributed by atoms with Crippen LogP contribution < -0.4 is 11.2 Å². The third kappa shape index (κ3) is 1.95. The molecule has 2 aromatic rings. The van der Waals surface area contributed by atoms with E-state index in [0.717, 1.165) is 27.9 Å². The van der Waals surface area contributed by atoms with Crippen molar-refractivity contribution >= 4 is 11.0 Å². The molecule has 0 spiro atoms. The Morgan fingerprint density at radius 3 is 2.41 bits per heavy atom. The van der Waals surface area contributed by atoms with Crippen molar-refractivity contribution in [3.05, 3.63) is 78.2 Å². The van der Waals surface area contributed by atoms with Gasteiger partial charge in [0.1, 0.15) is 11.3 Å². The van der Waals surface area contributed by atoms with Crippen LogP contribution in [0.1, 0.15) is 0 Å². The number of nitrogens with zero attached hydrogens (tertiary/aromatic N) is 1. The van der Waals surface area contributed by atoms with Gasteiger partial charge in [0.25, 0.3) is 0 Å². The highest BCUT2D eigenvalue weighted by Crippen LogP contribution is 2.39. The summed E-state index contributed by atoms with van der Waals surface area (Å²) < 4.78 is 6.04. The van der Waals surface area contributed by atoms with Crippen LogP contribution in [0.4, 0.5) is 0 Å². The molecule has 0 radical (unpaired) electrons. The van der Waals surface area contributed by atoms with Gasteiger partial charge in [-0.2, -0.15) is 5.10 Å². The minimum atomic E-state index is 0.700. The highest BCUT2D eigenvalue weighted by Gasteiger charge is 2.16. The standard InChI is InChI=1S/C19H14N2O/c20-21-14-10-11-16-18(12-14)22-17-9-5-4-8-15(17)19(16)13-6-2-1-3-7-13/h1-12H,20H2. The quantitative estimate of drug-likeness (QED) is 0.327. The summed E-state index contributed by atoms with van der Waals surface area (Å²) in [5.41, 5.74) is 4.23. The van der Waals surface area contributed by atoms with Crippen molar-refractivity contribution in [1.82, 2.24) is 0 Å². The molecular formula is C19H14N2O. The number of nitrogens with two attached hydrogens (primary N) is 1. The monoisotopic (exact) mass is 286 g/mol. The third-order valence-corrected chi connectivity index (χ3v) is 3.82. The Hall–Kier alpha value is -3.07. The highest BCUT2D eigenvalue weighted by molar-refractivity contribution is 6.01. The molecule has 0 saturated heterocycles. The molecule has 22 heavy (non-hydrogen) atoms. The SMILES string of the molecule is NN=c1ccc2c(-c3ccccc3)c3ccccc3oc-2c1. The maximum atomic E-state index is 6.04. The second kappa shape index (κ2) is 5.04. The number of para-hydroxylation sites is 1. The molecule has 0 atom stereocenters. The first kappa shape index (κ1) is 12.7. The summed E-state index contributed by atoms with van der Waals surface area (Å²) in [6, 6.07) is 24.2. The third-order valence-electron chi connectivity index (χ3n) is 3.82. The molecule has 4 rings (SSSR count). The lowest BCUT2D eigenvalue weighted by Gasteiger charge is -2.15. The molecule has 0 aromatic heterocycles. The molecule has 1 aliphatic carbocycles. The van der Waals surface area contributed by atoms with Crippen molar-refractivity contribution < 1.29 is 4.42 Å². The van der Waals surface area contributed by atoms with Gasteiger partial charge in [-0.25, -0.2) is 0 Å². The predicted octanol–water partition coefficient (Wildman–Crippen LogP) is 3.98. The average molecular weight is 286 g/mol. The zero-order valence-electron chi connectivity index (χ0n) is 11.9. The zero-order chi connectivity index (χ0) is 14.9. The van der Waals surface area contributed by atoms with E-state index >= 15 is 0 Å². The van der Waals surface area contributed by atoms with E-state index in [1.807, 2.05) is 54.6 Å². The molecule has 0 fully saturated rings. The molecule has 0 bridgehead atoms. The molecule has 2 aromatic carbocycles. The van der Waals surface area contributed by atoms with Crippen molar-refractivity contribution in [3.8, 4) is 22.5 Å². The van der Waals surface area contributed by atoms with Crippen LogP contribution in [0.25, 0.3) is 33.4 Å². The normalized spacial score (nSPS) is 12.1. The van der Waals surface area contributed by atoms with Crippen molar-refractivity contribution in [1.29, 1.82) is 0 Å². The number of hydrogen-bond acceptors (Lipinski definition) is 3. The van der Waals surface area contributed by atoms with E-state index in [0.29, 0.717) is 5.36 Å². The van der Waals surface area contributed by atoms with Crippen LogP contribution in [0.5, 0.6) is 0 Å². The molecule has 3 heteroatoms. The van der Waals surface area contributed by atoms with Crippen LogP contribution in [0.3, 0.4) is 0 Å². The lowest BCUT2D eigenvalue weighted by molar-refractivity contribution is 0.619. The summed E-state index contributed by atoms with van der Waals surface area (Å²) in [5, 5.41) is 5.54. The number of benzene rings is 3. The van der Waals surface area contributed by atoms with Gasteiger partial charge in [0.2, 0.25) is 0 Å². The van der Waals surface area contributed by atoms with Crippen LogP contribution >= 0.6 is 0 Å². The molecule has 0 amide bonds. The number of rotatable bonds is 1. The Morgan fingerprint density at radius 2 is 1.59 bits per heavy atom. The van der Waals surface area contributed by atoms with Gasteiger partial charge in [-0.1, -0.05) is 48.5 Å². The van der Waals surface area contributed by atoms with Gasteiger partial charge in [-0.15, -0.1) is 0 Å². The van der Waals surface area contributed by atoms with Gasteiger partial charge in [0, 0.05) is 22.6 Å². The number of hydrogen-bond donors (Lipinski definition) is 1. The molecular weight excluding hydrogens is 272 g/mol. The summed E-state index contributed by atoms with van der Waals surface area (Å²) in [7, 11) is 0. The van der Waals surface area contributed by atoms with Gasteiger partial charge >= 0.3 is 0 Å². The zero-order valence-corrected chi connectivity index (χ0v) is 11.9. The first-order valence-corrected chi connectivity index (χ1v) is 7.12. The summed E-state index contributed by atoms with van der Waals surface area (Å²) in [5.74, 6) is 6.17. The van der Waals surface area contributed by atoms with Gasteiger partial charge in [0.15, 0.2) is 0 Å². The fraction of sp³-hybridized carbons (Fsp3) is 0. The van der Waals surface area contributed by atoms with E-state index in [4.69, 9.17) is 10.3 Å². The van der Waals surface area contributed by atoms with Crippen LogP contribution in [0.15, 0.2) is 82.3 Å². The van der Waals surface area contributed by atoms with Gasteiger partial charge < -0.3 is 10.3 Å². The first-order valence-electron chi connectivity index (χ1n) is 7.12. The Labute approximate surface area is 127 Å². The fourth-order valence-corrected chi connectivity index (χ4v) is 2.82. The summed E-state index contributed by atoms with van der Waals surface area (Å²) in [6.45, 7) is 0. The molecule has 1 aliphatic heterocycles. The maximum absolute atomic E-state index is 6.04. The Morgan fingerprint density at radius 1 is 0.818 bits per heavy atom. The van der Waals surface area contributed by atoms with E-state index in [-0.39, 0.29) is 0 Å². The first-order chi connectivity index (χ1) is 10.9. The molecule has 1 heterocycles. The highest BCUT2D eigenvalue weighted by atomic mass is 16.3. The van der Waals surface area contributed by atoms with Gasteiger partial charge in [0.05, 0.1) is 5.36 Å². The van der Waals surface area contributed by atoms with Gasteiger partial charge in [-0.3, -0.25) is 0 Å². The van der Waals surface area contributed by atoms with Gasteiger partial charge in [-0.05, 0) is 23.8 Å². The molecule has 2 aliphatic rings. The number of fused-ring (bicyclic) bond motifs is 2. The van der Waals surface area contributed by atoms with E-state index < -0.39 is 0 Å². The summed E-state index contributed by atoms with van der Waals surface area (Å²) in [4.78, 5) is 0. The van der Waals surface area contributed by atoms with Crippen molar-refractivity contribution in [2.45, 2.75) is 0 Å². The van der Waals surface area contributed by atoms with E-state index in [9.17, 15) is 0 Å².